The molecular weight excluding hydrogens is 261 g/mol. The molecule has 108 valence electrons. The summed E-state index contributed by atoms with van der Waals surface area (Å²) in [5.41, 5.74) is 6.36. The summed E-state index contributed by atoms with van der Waals surface area (Å²) < 4.78 is 6.26. The number of hydrogen-bond donors (Lipinski definition) is 1. The lowest BCUT2D eigenvalue weighted by Gasteiger charge is -2.39. The van der Waals surface area contributed by atoms with Crippen LogP contribution in [0.5, 0.6) is 5.75 Å². The molecule has 0 amide bonds. The van der Waals surface area contributed by atoms with Crippen molar-refractivity contribution in [3.63, 3.8) is 0 Å². The Hall–Kier alpha value is -1.07. The van der Waals surface area contributed by atoms with E-state index in [0.717, 1.165) is 0 Å². The minimum Gasteiger partial charge on any atom is -0.399 e. The Morgan fingerprint density at radius 1 is 0.895 bits per heavy atom. The summed E-state index contributed by atoms with van der Waals surface area (Å²) in [6.07, 6.45) is 0. The molecule has 0 saturated heterocycles. The largest absolute Gasteiger partial charge is 0.399 e. The zero-order valence-corrected chi connectivity index (χ0v) is 13.4. The van der Waals surface area contributed by atoms with Crippen molar-refractivity contribution in [3.8, 4) is 5.75 Å². The van der Waals surface area contributed by atoms with Gasteiger partial charge in [0.15, 0.2) is 5.75 Å². The minimum absolute atomic E-state index is 0.684. The third-order valence-electron chi connectivity index (χ3n) is 2.75. The van der Waals surface area contributed by atoms with Crippen LogP contribution < -0.4 is 10.6 Å². The Bertz CT molecular complexity index is 427. The lowest BCUT2D eigenvalue weighted by molar-refractivity contribution is 0.324. The maximum absolute atomic E-state index is 5.65. The van der Waals surface area contributed by atoms with Gasteiger partial charge in [0.1, 0.15) is 0 Å². The highest BCUT2D eigenvalue weighted by Gasteiger charge is 2.29. The van der Waals surface area contributed by atoms with Crippen LogP contribution in [0.1, 0.15) is 0 Å². The first-order valence-corrected chi connectivity index (χ1v) is 7.58. The second kappa shape index (κ2) is 6.39. The van der Waals surface area contributed by atoms with Crippen molar-refractivity contribution in [3.05, 3.63) is 24.3 Å². The highest BCUT2D eigenvalue weighted by Crippen LogP contribution is 2.54. The average Bonchev–Trinajstić information content (AvgIpc) is 2.30. The van der Waals surface area contributed by atoms with E-state index in [2.05, 4.69) is 18.9 Å². The van der Waals surface area contributed by atoms with Crippen LogP contribution in [0.15, 0.2) is 29.2 Å². The number of anilines is 1. The van der Waals surface area contributed by atoms with Gasteiger partial charge >= 0.3 is 0 Å². The standard InChI is InChI=1S/C12H24N5OP/c1-15(2)19(16(3)4,17(5)6)14-18-12-9-7-11(13)8-10-12/h7-10H,13H2,1-6H3. The Labute approximate surface area is 115 Å². The second-order valence-corrected chi connectivity index (χ2v) is 8.46. The van der Waals surface area contributed by atoms with E-state index in [1.807, 2.05) is 54.4 Å². The maximum Gasteiger partial charge on any atom is 0.210 e. The molecule has 0 heterocycles. The van der Waals surface area contributed by atoms with Crippen LogP contribution in [0.2, 0.25) is 0 Å². The third kappa shape index (κ3) is 3.48. The molecule has 0 bridgehead atoms. The first-order chi connectivity index (χ1) is 8.80. The predicted molar refractivity (Wildman–Crippen MR) is 81.9 cm³/mol. The van der Waals surface area contributed by atoms with Gasteiger partial charge in [-0.25, -0.2) is 14.0 Å². The van der Waals surface area contributed by atoms with Gasteiger partial charge in [-0.05, 0) is 66.6 Å². The highest BCUT2D eigenvalue weighted by atomic mass is 31.2. The Kier molecular flexibility index (Phi) is 5.38. The Morgan fingerprint density at radius 3 is 1.68 bits per heavy atom. The molecule has 0 aliphatic carbocycles. The molecule has 1 aromatic carbocycles. The Morgan fingerprint density at radius 2 is 1.32 bits per heavy atom. The molecule has 0 aromatic heterocycles. The van der Waals surface area contributed by atoms with E-state index in [-0.39, 0.29) is 0 Å². The molecule has 7 heteroatoms. The first kappa shape index (κ1) is 16.0. The fraction of sp³-hybridized carbons (Fsp3) is 0.500. The first-order valence-electron chi connectivity index (χ1n) is 5.98. The van der Waals surface area contributed by atoms with Gasteiger partial charge in [-0.2, -0.15) is 0 Å². The van der Waals surface area contributed by atoms with Crippen molar-refractivity contribution in [1.29, 1.82) is 0 Å². The molecule has 0 atom stereocenters. The van der Waals surface area contributed by atoms with E-state index in [0.29, 0.717) is 11.4 Å². The number of nitrogens with zero attached hydrogens (tertiary/aromatic N) is 4. The molecule has 0 spiro atoms. The minimum atomic E-state index is -2.02. The van der Waals surface area contributed by atoms with Crippen molar-refractivity contribution >= 4 is 13.2 Å². The zero-order valence-electron chi connectivity index (χ0n) is 12.5. The zero-order chi connectivity index (χ0) is 14.6. The predicted octanol–water partition coefficient (Wildman–Crippen LogP) is 2.19. The molecule has 1 rings (SSSR count). The van der Waals surface area contributed by atoms with Gasteiger partial charge in [0, 0.05) is 5.69 Å². The highest BCUT2D eigenvalue weighted by molar-refractivity contribution is 7.58. The summed E-state index contributed by atoms with van der Waals surface area (Å²) in [7, 11) is 10.0. The summed E-state index contributed by atoms with van der Waals surface area (Å²) in [6.45, 7) is 0. The van der Waals surface area contributed by atoms with E-state index in [1.165, 1.54) is 0 Å². The molecule has 0 aliphatic heterocycles. The van der Waals surface area contributed by atoms with Gasteiger partial charge in [0.2, 0.25) is 7.51 Å². The van der Waals surface area contributed by atoms with E-state index in [4.69, 9.17) is 10.6 Å². The fourth-order valence-corrected chi connectivity index (χ4v) is 4.71. The normalized spacial score (nSPS) is 12.3. The second-order valence-electron chi connectivity index (χ2n) is 4.82. The van der Waals surface area contributed by atoms with Crippen LogP contribution in [0, 0.1) is 0 Å². The van der Waals surface area contributed by atoms with E-state index >= 15 is 0 Å². The van der Waals surface area contributed by atoms with Gasteiger partial charge < -0.3 is 10.6 Å². The van der Waals surface area contributed by atoms with Crippen LogP contribution in [0.3, 0.4) is 0 Å². The van der Waals surface area contributed by atoms with Crippen LogP contribution in [-0.2, 0) is 0 Å². The fourth-order valence-electron chi connectivity index (χ4n) is 1.92. The SMILES string of the molecule is CN(C)P(=NOc1ccc(N)cc1)(N(C)C)N(C)C. The van der Waals surface area contributed by atoms with Crippen LogP contribution in [0.4, 0.5) is 5.69 Å². The van der Waals surface area contributed by atoms with Crippen molar-refractivity contribution in [2.75, 3.05) is 48.0 Å². The van der Waals surface area contributed by atoms with Crippen molar-refractivity contribution in [1.82, 2.24) is 14.0 Å². The molecule has 0 radical (unpaired) electrons. The summed E-state index contributed by atoms with van der Waals surface area (Å²) in [5, 5.41) is 0. The van der Waals surface area contributed by atoms with Crippen molar-refractivity contribution in [2.45, 2.75) is 0 Å². The summed E-state index contributed by atoms with van der Waals surface area (Å²) in [4.78, 5) is 10.1. The number of nitrogen functional groups attached to an aromatic ring is 1. The maximum atomic E-state index is 5.65. The van der Waals surface area contributed by atoms with E-state index < -0.39 is 7.51 Å². The van der Waals surface area contributed by atoms with Crippen LogP contribution in [0.25, 0.3) is 0 Å². The molecule has 1 aromatic rings. The van der Waals surface area contributed by atoms with Gasteiger partial charge in [0.25, 0.3) is 0 Å². The van der Waals surface area contributed by atoms with Gasteiger partial charge in [-0.3, -0.25) is 0 Å². The molecule has 0 unspecified atom stereocenters. The van der Waals surface area contributed by atoms with E-state index in [9.17, 15) is 0 Å². The number of nitrogens with two attached hydrogens (primary N) is 1. The molecule has 0 fully saturated rings. The lowest BCUT2D eigenvalue weighted by atomic mass is 10.3. The smallest absolute Gasteiger partial charge is 0.210 e. The van der Waals surface area contributed by atoms with Gasteiger partial charge in [-0.15, -0.1) is 0 Å². The van der Waals surface area contributed by atoms with Crippen molar-refractivity contribution in [2.24, 2.45) is 4.91 Å². The molecule has 6 nitrogen and oxygen atoms in total. The lowest BCUT2D eigenvalue weighted by Crippen LogP contribution is -2.31. The summed E-state index contributed by atoms with van der Waals surface area (Å²) >= 11 is 0. The third-order valence-corrected chi connectivity index (χ3v) is 6.27. The summed E-state index contributed by atoms with van der Waals surface area (Å²) in [6, 6.07) is 7.22. The number of benzene rings is 1. The average molecular weight is 285 g/mol. The number of hydrogen-bond acceptors (Lipinski definition) is 3. The summed E-state index contributed by atoms with van der Waals surface area (Å²) in [5.74, 6) is 0.684. The van der Waals surface area contributed by atoms with Crippen LogP contribution >= 0.6 is 7.51 Å². The van der Waals surface area contributed by atoms with E-state index in [1.54, 1.807) is 12.1 Å². The molecular formula is C12H24N5OP. The molecule has 19 heavy (non-hydrogen) atoms. The topological polar surface area (TPSA) is 57.3 Å². The molecule has 0 aliphatic rings. The van der Waals surface area contributed by atoms with Crippen LogP contribution in [-0.4, -0.2) is 56.3 Å². The monoisotopic (exact) mass is 285 g/mol. The molecule has 2 N–H and O–H groups in total. The molecule has 0 saturated carbocycles. The quantitative estimate of drug-likeness (QED) is 0.510. The van der Waals surface area contributed by atoms with Gasteiger partial charge in [-0.1, -0.05) is 4.91 Å². The van der Waals surface area contributed by atoms with Gasteiger partial charge in [0.05, 0.1) is 0 Å². The van der Waals surface area contributed by atoms with Crippen molar-refractivity contribution < 1.29 is 4.84 Å². The number of rotatable bonds is 5. The Balaban J connectivity index is 3.11.